The Morgan fingerprint density at radius 1 is 0.909 bits per heavy atom. The summed E-state index contributed by atoms with van der Waals surface area (Å²) in [6, 6.07) is 0. The van der Waals surface area contributed by atoms with Crippen molar-refractivity contribution in [2.24, 2.45) is 0 Å². The van der Waals surface area contributed by atoms with Crippen LogP contribution in [-0.4, -0.2) is 31.1 Å². The maximum Gasteiger partial charge on any atom is 0.187 e. The van der Waals surface area contributed by atoms with E-state index < -0.39 is 0 Å². The lowest BCUT2D eigenvalue weighted by atomic mass is 10.3. The van der Waals surface area contributed by atoms with Crippen molar-refractivity contribution in [3.05, 3.63) is 54.7 Å². The molecule has 0 aliphatic carbocycles. The van der Waals surface area contributed by atoms with Crippen molar-refractivity contribution < 1.29 is 8.83 Å². The highest BCUT2D eigenvalue weighted by Crippen LogP contribution is 2.13. The maximum absolute atomic E-state index is 5.03. The van der Waals surface area contributed by atoms with Gasteiger partial charge >= 0.3 is 0 Å². The SMILES string of the molecule is CSc1ncc(CN(Cc2cocn2)Cc2cocn2)cn1. The third-order valence-corrected chi connectivity index (χ3v) is 3.58. The summed E-state index contributed by atoms with van der Waals surface area (Å²) in [5.41, 5.74) is 2.76. The molecular weight excluding hydrogens is 302 g/mol. The summed E-state index contributed by atoms with van der Waals surface area (Å²) in [7, 11) is 0. The predicted molar refractivity (Wildman–Crippen MR) is 79.8 cm³/mol. The second kappa shape index (κ2) is 7.19. The Morgan fingerprint density at radius 2 is 1.50 bits per heavy atom. The molecule has 22 heavy (non-hydrogen) atoms. The van der Waals surface area contributed by atoms with Gasteiger partial charge in [0, 0.05) is 37.6 Å². The summed E-state index contributed by atoms with van der Waals surface area (Å²) < 4.78 is 10.1. The predicted octanol–water partition coefficient (Wildman–Crippen LogP) is 2.38. The van der Waals surface area contributed by atoms with Crippen LogP contribution in [0.15, 0.2) is 51.7 Å². The van der Waals surface area contributed by atoms with Crippen molar-refractivity contribution in [2.75, 3.05) is 6.26 Å². The second-order valence-electron chi connectivity index (χ2n) is 4.68. The number of hydrogen-bond acceptors (Lipinski definition) is 8. The van der Waals surface area contributed by atoms with E-state index in [2.05, 4.69) is 24.8 Å². The largest absolute Gasteiger partial charge is 0.451 e. The molecule has 0 atom stereocenters. The molecule has 0 bridgehead atoms. The molecule has 0 saturated carbocycles. The highest BCUT2D eigenvalue weighted by Gasteiger charge is 2.12. The number of rotatable bonds is 7. The first-order chi connectivity index (χ1) is 10.8. The third kappa shape index (κ3) is 3.92. The topological polar surface area (TPSA) is 81.1 Å². The summed E-state index contributed by atoms with van der Waals surface area (Å²) in [6.07, 6.45) is 11.8. The van der Waals surface area contributed by atoms with Gasteiger partial charge in [-0.3, -0.25) is 4.90 Å². The van der Waals surface area contributed by atoms with E-state index >= 15 is 0 Å². The summed E-state index contributed by atoms with van der Waals surface area (Å²) >= 11 is 1.52. The average Bonchev–Trinajstić information content (AvgIpc) is 3.22. The summed E-state index contributed by atoms with van der Waals surface area (Å²) in [5, 5.41) is 0.767. The first-order valence-corrected chi connectivity index (χ1v) is 7.87. The number of oxazole rings is 2. The molecule has 7 nitrogen and oxygen atoms in total. The molecule has 3 rings (SSSR count). The molecule has 0 amide bonds. The van der Waals surface area contributed by atoms with Crippen LogP contribution in [0.1, 0.15) is 17.0 Å². The molecule has 0 fully saturated rings. The van der Waals surface area contributed by atoms with E-state index in [9.17, 15) is 0 Å². The van der Waals surface area contributed by atoms with E-state index in [-0.39, 0.29) is 0 Å². The highest BCUT2D eigenvalue weighted by molar-refractivity contribution is 7.98. The smallest absolute Gasteiger partial charge is 0.187 e. The average molecular weight is 317 g/mol. The molecule has 0 unspecified atom stereocenters. The van der Waals surface area contributed by atoms with E-state index in [1.165, 1.54) is 24.5 Å². The van der Waals surface area contributed by atoms with Gasteiger partial charge in [0.2, 0.25) is 0 Å². The zero-order valence-electron chi connectivity index (χ0n) is 12.0. The van der Waals surface area contributed by atoms with Gasteiger partial charge in [0.05, 0.1) is 11.4 Å². The van der Waals surface area contributed by atoms with E-state index in [4.69, 9.17) is 8.83 Å². The quantitative estimate of drug-likeness (QED) is 0.485. The second-order valence-corrected chi connectivity index (χ2v) is 5.46. The van der Waals surface area contributed by atoms with Gasteiger partial charge in [0.25, 0.3) is 0 Å². The Morgan fingerprint density at radius 3 is 1.95 bits per heavy atom. The Kier molecular flexibility index (Phi) is 4.81. The van der Waals surface area contributed by atoms with Gasteiger partial charge in [-0.2, -0.15) is 0 Å². The summed E-state index contributed by atoms with van der Waals surface area (Å²) in [5.74, 6) is 0. The molecule has 0 aliphatic rings. The molecule has 3 aromatic rings. The fourth-order valence-electron chi connectivity index (χ4n) is 2.05. The third-order valence-electron chi connectivity index (χ3n) is 3.01. The van der Waals surface area contributed by atoms with Gasteiger partial charge in [0.15, 0.2) is 17.9 Å². The number of hydrogen-bond donors (Lipinski definition) is 0. The van der Waals surface area contributed by atoms with E-state index in [0.29, 0.717) is 19.6 Å². The molecule has 114 valence electrons. The fraction of sp³-hybridized carbons (Fsp3) is 0.286. The van der Waals surface area contributed by atoms with Crippen molar-refractivity contribution in [3.8, 4) is 0 Å². The van der Waals surface area contributed by atoms with Crippen LogP contribution in [0.25, 0.3) is 0 Å². The standard InChI is InChI=1S/C14H15N5O2S/c1-22-14-15-2-11(3-16-14)4-19(5-12-7-20-9-17-12)6-13-8-21-10-18-13/h2-3,7-10H,4-6H2,1H3. The first kappa shape index (κ1) is 14.7. The molecule has 0 aliphatic heterocycles. The van der Waals surface area contributed by atoms with Gasteiger partial charge in [-0.05, 0) is 6.26 Å². The summed E-state index contributed by atoms with van der Waals surface area (Å²) in [4.78, 5) is 19.1. The highest BCUT2D eigenvalue weighted by atomic mass is 32.2. The van der Waals surface area contributed by atoms with Crippen LogP contribution in [-0.2, 0) is 19.6 Å². The van der Waals surface area contributed by atoms with Crippen LogP contribution in [0.4, 0.5) is 0 Å². The number of aromatic nitrogens is 4. The molecule has 8 heteroatoms. The Labute approximate surface area is 131 Å². The lowest BCUT2D eigenvalue weighted by molar-refractivity contribution is 0.240. The lowest BCUT2D eigenvalue weighted by Gasteiger charge is -2.19. The van der Waals surface area contributed by atoms with Gasteiger partial charge in [0.1, 0.15) is 12.5 Å². The zero-order valence-corrected chi connectivity index (χ0v) is 12.9. The molecule has 0 aromatic carbocycles. The Hall–Kier alpha value is -2.19. The Balaban J connectivity index is 1.71. The van der Waals surface area contributed by atoms with E-state index in [0.717, 1.165) is 22.1 Å². The van der Waals surface area contributed by atoms with Gasteiger partial charge < -0.3 is 8.83 Å². The van der Waals surface area contributed by atoms with E-state index in [1.54, 1.807) is 12.5 Å². The van der Waals surface area contributed by atoms with Crippen LogP contribution in [0.5, 0.6) is 0 Å². The first-order valence-electron chi connectivity index (χ1n) is 6.65. The molecule has 0 saturated heterocycles. The van der Waals surface area contributed by atoms with Crippen molar-refractivity contribution in [1.82, 2.24) is 24.8 Å². The molecule has 3 heterocycles. The zero-order chi connectivity index (χ0) is 15.2. The number of nitrogens with zero attached hydrogens (tertiary/aromatic N) is 5. The Bertz CT molecular complexity index is 634. The van der Waals surface area contributed by atoms with E-state index in [1.807, 2.05) is 18.6 Å². The monoisotopic (exact) mass is 317 g/mol. The molecule has 0 N–H and O–H groups in total. The minimum atomic E-state index is 0.646. The van der Waals surface area contributed by atoms with Crippen molar-refractivity contribution in [3.63, 3.8) is 0 Å². The van der Waals surface area contributed by atoms with Crippen LogP contribution in [0.3, 0.4) is 0 Å². The normalized spacial score (nSPS) is 11.2. The molecule has 0 spiro atoms. The molecule has 0 radical (unpaired) electrons. The van der Waals surface area contributed by atoms with Crippen molar-refractivity contribution in [2.45, 2.75) is 24.8 Å². The minimum absolute atomic E-state index is 0.646. The summed E-state index contributed by atoms with van der Waals surface area (Å²) in [6.45, 7) is 1.98. The molecular formula is C14H15N5O2S. The van der Waals surface area contributed by atoms with Crippen molar-refractivity contribution in [1.29, 1.82) is 0 Å². The minimum Gasteiger partial charge on any atom is -0.451 e. The number of thioether (sulfide) groups is 1. The lowest BCUT2D eigenvalue weighted by Crippen LogP contribution is -2.23. The van der Waals surface area contributed by atoms with Gasteiger partial charge in [-0.25, -0.2) is 19.9 Å². The van der Waals surface area contributed by atoms with Gasteiger partial charge in [-0.15, -0.1) is 0 Å². The van der Waals surface area contributed by atoms with Crippen LogP contribution >= 0.6 is 11.8 Å². The van der Waals surface area contributed by atoms with Crippen molar-refractivity contribution >= 4 is 11.8 Å². The van der Waals surface area contributed by atoms with Crippen LogP contribution in [0.2, 0.25) is 0 Å². The maximum atomic E-state index is 5.03. The van der Waals surface area contributed by atoms with Crippen LogP contribution < -0.4 is 0 Å². The molecule has 3 aromatic heterocycles. The van der Waals surface area contributed by atoms with Gasteiger partial charge in [-0.1, -0.05) is 11.8 Å². The van der Waals surface area contributed by atoms with Crippen LogP contribution in [0, 0.1) is 0 Å². The fourth-order valence-corrected chi connectivity index (χ4v) is 2.36.